The van der Waals surface area contributed by atoms with Gasteiger partial charge in [-0.25, -0.2) is 12.8 Å². The second kappa shape index (κ2) is 5.42. The summed E-state index contributed by atoms with van der Waals surface area (Å²) >= 11 is 0. The summed E-state index contributed by atoms with van der Waals surface area (Å²) in [7, 11) is -3.94. The van der Waals surface area contributed by atoms with Gasteiger partial charge < -0.3 is 5.11 Å². The van der Waals surface area contributed by atoms with Crippen molar-refractivity contribution in [1.82, 2.24) is 4.31 Å². The maximum Gasteiger partial charge on any atom is 0.308 e. The van der Waals surface area contributed by atoms with Gasteiger partial charge in [0.25, 0.3) is 0 Å². The normalized spacial score (nSPS) is 22.9. The highest BCUT2D eigenvalue weighted by Gasteiger charge is 2.40. The summed E-state index contributed by atoms with van der Waals surface area (Å²) in [6.07, 6.45) is 0. The minimum absolute atomic E-state index is 0.0819. The van der Waals surface area contributed by atoms with Crippen molar-refractivity contribution in [3.05, 3.63) is 29.6 Å². The highest BCUT2D eigenvalue weighted by Crippen LogP contribution is 2.29. The molecule has 21 heavy (non-hydrogen) atoms. The molecule has 2 rings (SSSR count). The number of nitriles is 1. The van der Waals surface area contributed by atoms with Gasteiger partial charge in [-0.2, -0.15) is 9.57 Å². The molecule has 0 saturated carbocycles. The lowest BCUT2D eigenvalue weighted by molar-refractivity contribution is -0.142. The minimum Gasteiger partial charge on any atom is -0.481 e. The molecular weight excluding hydrogens is 299 g/mol. The van der Waals surface area contributed by atoms with Crippen molar-refractivity contribution >= 4 is 16.0 Å². The third-order valence-electron chi connectivity index (χ3n) is 3.59. The predicted octanol–water partition coefficient (Wildman–Crippen LogP) is 1.04. The van der Waals surface area contributed by atoms with Gasteiger partial charge in [0.1, 0.15) is 11.9 Å². The average molecular weight is 312 g/mol. The van der Waals surface area contributed by atoms with Crippen molar-refractivity contribution in [2.45, 2.75) is 11.8 Å². The molecule has 112 valence electrons. The molecule has 1 aromatic carbocycles. The first-order valence-electron chi connectivity index (χ1n) is 6.20. The number of halogens is 1. The van der Waals surface area contributed by atoms with Crippen molar-refractivity contribution in [2.24, 2.45) is 11.8 Å². The quantitative estimate of drug-likeness (QED) is 0.899. The van der Waals surface area contributed by atoms with Gasteiger partial charge in [0, 0.05) is 13.1 Å². The number of sulfonamides is 1. The van der Waals surface area contributed by atoms with Gasteiger partial charge in [-0.3, -0.25) is 4.79 Å². The zero-order chi connectivity index (χ0) is 15.8. The molecule has 1 fully saturated rings. The van der Waals surface area contributed by atoms with E-state index in [1.54, 1.807) is 13.0 Å². The Labute approximate surface area is 121 Å². The van der Waals surface area contributed by atoms with Gasteiger partial charge in [0.05, 0.1) is 16.4 Å². The van der Waals surface area contributed by atoms with Gasteiger partial charge in [-0.05, 0) is 24.1 Å². The summed E-state index contributed by atoms with van der Waals surface area (Å²) < 4.78 is 39.2. The van der Waals surface area contributed by atoms with E-state index in [1.807, 2.05) is 0 Å². The van der Waals surface area contributed by atoms with Gasteiger partial charge in [0.15, 0.2) is 0 Å². The number of hydrogen-bond donors (Lipinski definition) is 1. The van der Waals surface area contributed by atoms with Gasteiger partial charge in [-0.15, -0.1) is 0 Å². The fraction of sp³-hybridized carbons (Fsp3) is 0.385. The van der Waals surface area contributed by atoms with Crippen molar-refractivity contribution in [3.63, 3.8) is 0 Å². The SMILES string of the molecule is C[C@@H]1CN(S(=O)(=O)c2ccc(F)c(C#N)c2)C[C@H]1C(=O)O. The summed E-state index contributed by atoms with van der Waals surface area (Å²) in [6, 6.07) is 4.53. The Morgan fingerprint density at radius 2 is 2.14 bits per heavy atom. The minimum atomic E-state index is -3.94. The smallest absolute Gasteiger partial charge is 0.308 e. The lowest BCUT2D eigenvalue weighted by Crippen LogP contribution is -2.30. The van der Waals surface area contributed by atoms with Crippen LogP contribution in [0.2, 0.25) is 0 Å². The highest BCUT2D eigenvalue weighted by molar-refractivity contribution is 7.89. The van der Waals surface area contributed by atoms with E-state index in [2.05, 4.69) is 0 Å². The number of aliphatic carboxylic acids is 1. The van der Waals surface area contributed by atoms with Crippen LogP contribution in [0.4, 0.5) is 4.39 Å². The van der Waals surface area contributed by atoms with Crippen molar-refractivity contribution in [2.75, 3.05) is 13.1 Å². The predicted molar refractivity (Wildman–Crippen MR) is 70.2 cm³/mol. The van der Waals surface area contributed by atoms with Gasteiger partial charge in [-0.1, -0.05) is 6.92 Å². The Hall–Kier alpha value is -1.98. The largest absolute Gasteiger partial charge is 0.481 e. The Balaban J connectivity index is 2.36. The summed E-state index contributed by atoms with van der Waals surface area (Å²) in [5.74, 6) is -2.92. The van der Waals surface area contributed by atoms with Crippen LogP contribution in [0.25, 0.3) is 0 Å². The molecule has 0 bridgehead atoms. The van der Waals surface area contributed by atoms with E-state index in [0.29, 0.717) is 0 Å². The molecule has 0 spiro atoms. The number of benzene rings is 1. The number of nitrogens with zero attached hydrogens (tertiary/aromatic N) is 2. The standard InChI is InChI=1S/C13H13FN2O4S/c1-8-6-16(7-11(8)13(17)18)21(19,20)10-2-3-12(14)9(4-10)5-15/h2-4,8,11H,6-7H2,1H3,(H,17,18)/t8-,11-/m1/s1. The average Bonchev–Trinajstić information content (AvgIpc) is 2.82. The zero-order valence-electron chi connectivity index (χ0n) is 11.2. The van der Waals surface area contributed by atoms with E-state index in [9.17, 15) is 17.6 Å². The molecule has 1 heterocycles. The second-order valence-electron chi connectivity index (χ2n) is 5.00. The third kappa shape index (κ3) is 2.75. The Bertz CT molecular complexity index is 726. The lowest BCUT2D eigenvalue weighted by Gasteiger charge is -2.16. The van der Waals surface area contributed by atoms with E-state index in [-0.39, 0.29) is 29.5 Å². The first-order chi connectivity index (χ1) is 9.77. The Kier molecular flexibility index (Phi) is 3.98. The molecule has 8 heteroatoms. The fourth-order valence-corrected chi connectivity index (χ4v) is 3.93. The second-order valence-corrected chi connectivity index (χ2v) is 6.94. The van der Waals surface area contributed by atoms with Crippen molar-refractivity contribution in [1.29, 1.82) is 5.26 Å². The summed E-state index contributed by atoms with van der Waals surface area (Å²) in [5, 5.41) is 17.8. The molecule has 0 aliphatic carbocycles. The molecule has 1 N–H and O–H groups in total. The van der Waals surface area contributed by atoms with Crippen LogP contribution < -0.4 is 0 Å². The summed E-state index contributed by atoms with van der Waals surface area (Å²) in [6.45, 7) is 1.62. The number of carboxylic acid groups (broad SMARTS) is 1. The molecule has 0 amide bonds. The van der Waals surface area contributed by atoms with Gasteiger partial charge >= 0.3 is 5.97 Å². The van der Waals surface area contributed by atoms with Crippen LogP contribution in [0.1, 0.15) is 12.5 Å². The first kappa shape index (κ1) is 15.4. The van der Waals surface area contributed by atoms with Crippen molar-refractivity contribution < 1.29 is 22.7 Å². The van der Waals surface area contributed by atoms with Crippen LogP contribution >= 0.6 is 0 Å². The summed E-state index contributed by atoms with van der Waals surface area (Å²) in [4.78, 5) is 10.8. The topological polar surface area (TPSA) is 98.5 Å². The number of carboxylic acids is 1. The van der Waals surface area contributed by atoms with E-state index in [0.717, 1.165) is 22.5 Å². The van der Waals surface area contributed by atoms with Crippen LogP contribution in [-0.4, -0.2) is 36.9 Å². The zero-order valence-corrected chi connectivity index (χ0v) is 12.0. The van der Waals surface area contributed by atoms with E-state index in [1.165, 1.54) is 0 Å². The molecule has 6 nitrogen and oxygen atoms in total. The van der Waals surface area contributed by atoms with Crippen molar-refractivity contribution in [3.8, 4) is 6.07 Å². The van der Waals surface area contributed by atoms with E-state index < -0.39 is 27.7 Å². The lowest BCUT2D eigenvalue weighted by atomic mass is 9.99. The molecule has 0 aromatic heterocycles. The molecule has 1 aromatic rings. The number of rotatable bonds is 3. The number of hydrogen-bond acceptors (Lipinski definition) is 4. The molecule has 2 atom stereocenters. The Morgan fingerprint density at radius 3 is 2.67 bits per heavy atom. The molecule has 0 unspecified atom stereocenters. The van der Waals surface area contributed by atoms with Crippen LogP contribution in [0.5, 0.6) is 0 Å². The molecule has 0 radical (unpaired) electrons. The fourth-order valence-electron chi connectivity index (χ4n) is 2.34. The molecule has 1 saturated heterocycles. The highest BCUT2D eigenvalue weighted by atomic mass is 32.2. The molecule has 1 aliphatic heterocycles. The Morgan fingerprint density at radius 1 is 1.48 bits per heavy atom. The van der Waals surface area contributed by atoms with Crippen LogP contribution in [0.15, 0.2) is 23.1 Å². The first-order valence-corrected chi connectivity index (χ1v) is 7.64. The summed E-state index contributed by atoms with van der Waals surface area (Å²) in [5.41, 5.74) is -0.363. The van der Waals surface area contributed by atoms with E-state index >= 15 is 0 Å². The van der Waals surface area contributed by atoms with Crippen LogP contribution in [0.3, 0.4) is 0 Å². The third-order valence-corrected chi connectivity index (χ3v) is 5.42. The van der Waals surface area contributed by atoms with E-state index in [4.69, 9.17) is 10.4 Å². The molecule has 1 aliphatic rings. The van der Waals surface area contributed by atoms with Crippen LogP contribution in [-0.2, 0) is 14.8 Å². The monoisotopic (exact) mass is 312 g/mol. The maximum absolute atomic E-state index is 13.3. The molecular formula is C13H13FN2O4S. The number of carbonyl (C=O) groups is 1. The van der Waals surface area contributed by atoms with Gasteiger partial charge in [0.2, 0.25) is 10.0 Å². The van der Waals surface area contributed by atoms with Crippen LogP contribution in [0, 0.1) is 29.0 Å². The maximum atomic E-state index is 13.3.